The highest BCUT2D eigenvalue weighted by Gasteiger charge is 2.51. The van der Waals surface area contributed by atoms with Crippen molar-refractivity contribution in [2.45, 2.75) is 5.41 Å². The minimum atomic E-state index is -0.415. The van der Waals surface area contributed by atoms with E-state index in [1.54, 1.807) is 0 Å². The van der Waals surface area contributed by atoms with Crippen LogP contribution in [0.4, 0.5) is 0 Å². The van der Waals surface area contributed by atoms with Gasteiger partial charge in [-0.2, -0.15) is 0 Å². The fraction of sp³-hybridized carbons (Fsp3) is 0.0179. The van der Waals surface area contributed by atoms with Crippen LogP contribution in [0.1, 0.15) is 22.3 Å². The molecule has 58 heavy (non-hydrogen) atoms. The van der Waals surface area contributed by atoms with Crippen LogP contribution in [0, 0.1) is 0 Å². The summed E-state index contributed by atoms with van der Waals surface area (Å²) in [6.45, 7) is 0. The lowest BCUT2D eigenvalue weighted by Gasteiger charge is -2.31. The summed E-state index contributed by atoms with van der Waals surface area (Å²) in [4.78, 5) is 4.90. The molecule has 11 aromatic rings. The average Bonchev–Trinajstić information content (AvgIpc) is 3.95. The van der Waals surface area contributed by atoms with Gasteiger partial charge >= 0.3 is 0 Å². The predicted octanol–water partition coefficient (Wildman–Crippen LogP) is 14.6. The maximum absolute atomic E-state index is 6.55. The highest BCUT2D eigenvalue weighted by molar-refractivity contribution is 6.18. The summed E-state index contributed by atoms with van der Waals surface area (Å²) in [6, 6.07) is 73.5. The Kier molecular flexibility index (Phi) is 6.40. The molecule has 1 heterocycles. The molecule has 0 aliphatic heterocycles. The molecule has 10 aromatic carbocycles. The van der Waals surface area contributed by atoms with Crippen molar-refractivity contribution in [3.05, 3.63) is 222 Å². The van der Waals surface area contributed by atoms with Gasteiger partial charge in [0.2, 0.25) is 5.89 Å². The predicted molar refractivity (Wildman–Crippen MR) is 239 cm³/mol. The number of hydrogen-bond donors (Lipinski definition) is 0. The van der Waals surface area contributed by atoms with Gasteiger partial charge in [-0.3, -0.25) is 0 Å². The van der Waals surface area contributed by atoms with E-state index in [1.807, 2.05) is 30.3 Å². The van der Waals surface area contributed by atoms with E-state index in [1.165, 1.54) is 77.4 Å². The largest absolute Gasteiger partial charge is 0.435 e. The molecule has 2 aliphatic carbocycles. The van der Waals surface area contributed by atoms with Gasteiger partial charge in [-0.15, -0.1) is 0 Å². The molecule has 0 bridgehead atoms. The first-order valence-electron chi connectivity index (χ1n) is 20.0. The van der Waals surface area contributed by atoms with Gasteiger partial charge in [-0.05, 0) is 142 Å². The first kappa shape index (κ1) is 31.6. The zero-order valence-corrected chi connectivity index (χ0v) is 31.4. The lowest BCUT2D eigenvalue weighted by molar-refractivity contribution is 0.623. The molecule has 268 valence electrons. The summed E-state index contributed by atoms with van der Waals surface area (Å²) in [7, 11) is 0. The lowest BCUT2D eigenvalue weighted by atomic mass is 9.70. The number of nitrogens with zero attached hydrogens (tertiary/aromatic N) is 1. The van der Waals surface area contributed by atoms with Crippen molar-refractivity contribution in [2.24, 2.45) is 0 Å². The number of benzene rings is 10. The van der Waals surface area contributed by atoms with Crippen molar-refractivity contribution in [2.75, 3.05) is 0 Å². The van der Waals surface area contributed by atoms with Gasteiger partial charge in [0.25, 0.3) is 0 Å². The van der Waals surface area contributed by atoms with Gasteiger partial charge < -0.3 is 4.42 Å². The third-order valence-electron chi connectivity index (χ3n) is 12.9. The SMILES string of the molecule is c1ccc(-c2nc3ccc4ccc5ccc(-c6cccc(-c7ccc8c(c7)C7(c9ccccc9-c9ccccc97)c7cc9ccccc9cc7-8)c6)cc5c4c3o2)cc1. The molecule has 2 heteroatoms. The van der Waals surface area contributed by atoms with Crippen LogP contribution in [-0.2, 0) is 5.41 Å². The Morgan fingerprint density at radius 2 is 0.914 bits per heavy atom. The Morgan fingerprint density at radius 1 is 0.345 bits per heavy atom. The van der Waals surface area contributed by atoms with Crippen molar-refractivity contribution in [3.8, 4) is 56.0 Å². The third-order valence-corrected chi connectivity index (χ3v) is 12.9. The van der Waals surface area contributed by atoms with Gasteiger partial charge in [0.1, 0.15) is 5.52 Å². The van der Waals surface area contributed by atoms with Crippen LogP contribution in [0.3, 0.4) is 0 Å². The minimum absolute atomic E-state index is 0.415. The lowest BCUT2D eigenvalue weighted by Crippen LogP contribution is -2.25. The molecule has 1 spiro atoms. The first-order valence-corrected chi connectivity index (χ1v) is 20.0. The van der Waals surface area contributed by atoms with Crippen molar-refractivity contribution in [3.63, 3.8) is 0 Å². The third kappa shape index (κ3) is 4.29. The van der Waals surface area contributed by atoms with Crippen LogP contribution >= 0.6 is 0 Å². The second-order valence-electron chi connectivity index (χ2n) is 15.8. The summed E-state index contributed by atoms with van der Waals surface area (Å²) >= 11 is 0. The second-order valence-corrected chi connectivity index (χ2v) is 15.8. The molecule has 0 saturated heterocycles. The molecule has 13 rings (SSSR count). The summed E-state index contributed by atoms with van der Waals surface area (Å²) in [5, 5.41) is 7.10. The van der Waals surface area contributed by atoms with Crippen LogP contribution < -0.4 is 0 Å². The Morgan fingerprint density at radius 3 is 1.71 bits per heavy atom. The molecule has 1 aromatic heterocycles. The summed E-state index contributed by atoms with van der Waals surface area (Å²) in [5.41, 5.74) is 17.7. The van der Waals surface area contributed by atoms with Crippen molar-refractivity contribution < 1.29 is 4.42 Å². The fourth-order valence-corrected chi connectivity index (χ4v) is 10.3. The number of fused-ring (bicyclic) bond motifs is 16. The monoisotopic (exact) mass is 735 g/mol. The van der Waals surface area contributed by atoms with Crippen LogP contribution in [0.2, 0.25) is 0 Å². The van der Waals surface area contributed by atoms with E-state index < -0.39 is 5.41 Å². The smallest absolute Gasteiger partial charge is 0.227 e. The fourth-order valence-electron chi connectivity index (χ4n) is 10.3. The molecular formula is C56H33NO. The van der Waals surface area contributed by atoms with Crippen molar-refractivity contribution in [1.82, 2.24) is 4.98 Å². The summed E-state index contributed by atoms with van der Waals surface area (Å²) in [5.74, 6) is 0.640. The Hall–Kier alpha value is -7.55. The Labute approximate surface area is 335 Å². The molecular weight excluding hydrogens is 703 g/mol. The number of oxazole rings is 1. The van der Waals surface area contributed by atoms with E-state index in [-0.39, 0.29) is 0 Å². The van der Waals surface area contributed by atoms with E-state index in [0.717, 1.165) is 38.4 Å². The number of rotatable bonds is 3. The van der Waals surface area contributed by atoms with Crippen molar-refractivity contribution in [1.29, 1.82) is 0 Å². The second kappa shape index (κ2) is 11.7. The van der Waals surface area contributed by atoms with E-state index in [9.17, 15) is 0 Å². The van der Waals surface area contributed by atoms with E-state index in [2.05, 4.69) is 170 Å². The van der Waals surface area contributed by atoms with Crippen LogP contribution in [0.5, 0.6) is 0 Å². The van der Waals surface area contributed by atoms with Crippen LogP contribution in [0.25, 0.3) is 99.4 Å². The zero-order valence-electron chi connectivity index (χ0n) is 31.4. The van der Waals surface area contributed by atoms with Crippen LogP contribution in [-0.4, -0.2) is 4.98 Å². The quantitative estimate of drug-likeness (QED) is 0.169. The topological polar surface area (TPSA) is 26.0 Å². The first-order chi connectivity index (χ1) is 28.7. The molecule has 2 aliphatic rings. The number of hydrogen-bond acceptors (Lipinski definition) is 2. The average molecular weight is 736 g/mol. The molecule has 0 saturated carbocycles. The molecule has 0 fully saturated rings. The highest BCUT2D eigenvalue weighted by Crippen LogP contribution is 2.63. The van der Waals surface area contributed by atoms with E-state index >= 15 is 0 Å². The van der Waals surface area contributed by atoms with Gasteiger partial charge in [-0.25, -0.2) is 4.98 Å². The zero-order chi connectivity index (χ0) is 38.0. The Balaban J connectivity index is 0.988. The molecule has 2 nitrogen and oxygen atoms in total. The van der Waals surface area contributed by atoms with Gasteiger partial charge in [0.15, 0.2) is 5.58 Å². The normalized spacial score (nSPS) is 13.3. The standard InChI is InChI=1S/C56H33NO/c1-2-11-36(12-3-1)55-57-52-28-26-35-23-21-34-22-24-41(30-46(34)53(35)54(52)58-55)37-15-10-16-38(29-37)42-25-27-45-47-31-39-13-4-5-14-40(39)32-51(47)56(50(45)33-42)48-19-8-6-17-43(48)44-18-7-9-20-49(44)56/h1-33H. The maximum Gasteiger partial charge on any atom is 0.227 e. The summed E-state index contributed by atoms with van der Waals surface area (Å²) < 4.78 is 6.55. The molecule has 0 atom stereocenters. The maximum atomic E-state index is 6.55. The van der Waals surface area contributed by atoms with Crippen LogP contribution in [0.15, 0.2) is 205 Å². The van der Waals surface area contributed by atoms with Crippen molar-refractivity contribution >= 4 is 43.4 Å². The van der Waals surface area contributed by atoms with Gasteiger partial charge in [0, 0.05) is 10.9 Å². The van der Waals surface area contributed by atoms with E-state index in [4.69, 9.17) is 9.40 Å². The number of aromatic nitrogens is 1. The molecule has 0 radical (unpaired) electrons. The molecule has 0 N–H and O–H groups in total. The summed E-state index contributed by atoms with van der Waals surface area (Å²) in [6.07, 6.45) is 0. The minimum Gasteiger partial charge on any atom is -0.435 e. The van der Waals surface area contributed by atoms with Gasteiger partial charge in [-0.1, -0.05) is 152 Å². The highest BCUT2D eigenvalue weighted by atomic mass is 16.3. The molecule has 0 amide bonds. The Bertz CT molecular complexity index is 3470. The van der Waals surface area contributed by atoms with E-state index in [0.29, 0.717) is 5.89 Å². The van der Waals surface area contributed by atoms with Gasteiger partial charge in [0.05, 0.1) is 5.41 Å². The molecule has 0 unspecified atom stereocenters.